The van der Waals surface area contributed by atoms with E-state index >= 15 is 0 Å². The zero-order valence-corrected chi connectivity index (χ0v) is 16.5. The number of hydrogen-bond acceptors (Lipinski definition) is 6. The lowest BCUT2D eigenvalue weighted by atomic mass is 10.2. The zero-order chi connectivity index (χ0) is 21.6. The number of aryl methyl sites for hydroxylation is 1. The van der Waals surface area contributed by atoms with Gasteiger partial charge in [-0.25, -0.2) is 8.42 Å². The summed E-state index contributed by atoms with van der Waals surface area (Å²) in [5.41, 5.74) is -1.23. The molecule has 0 bridgehead atoms. The minimum absolute atomic E-state index is 0.0609. The van der Waals surface area contributed by atoms with Gasteiger partial charge in [0.15, 0.2) is 0 Å². The molecular formula is C15H15ClF3N5O4S. The lowest BCUT2D eigenvalue weighted by Gasteiger charge is -2.34. The summed E-state index contributed by atoms with van der Waals surface area (Å²) in [7, 11) is -2.62. The Bertz CT molecular complexity index is 1050. The van der Waals surface area contributed by atoms with Gasteiger partial charge < -0.3 is 15.0 Å². The van der Waals surface area contributed by atoms with Gasteiger partial charge in [-0.1, -0.05) is 11.6 Å². The topological polar surface area (TPSA) is 102 Å². The number of nitro groups is 1. The standard InChI is InChI=1S/C15H15ClF3N5O4S/c1-21-9-20-13(24(25)26)14(21)22-4-6-23(7-5-22)29(27,28)10-2-3-12(16)11(8-10)15(17,18)19/h2-3,8-9H,4-7H2,1H3. The molecule has 29 heavy (non-hydrogen) atoms. The van der Waals surface area contributed by atoms with Crippen molar-refractivity contribution >= 4 is 33.3 Å². The molecule has 0 spiro atoms. The van der Waals surface area contributed by atoms with E-state index in [1.54, 1.807) is 11.9 Å². The number of anilines is 1. The van der Waals surface area contributed by atoms with E-state index < -0.39 is 36.6 Å². The summed E-state index contributed by atoms with van der Waals surface area (Å²) in [5, 5.41) is 10.5. The summed E-state index contributed by atoms with van der Waals surface area (Å²) in [6, 6.07) is 2.42. The monoisotopic (exact) mass is 453 g/mol. The Morgan fingerprint density at radius 2 is 1.83 bits per heavy atom. The Hall–Kier alpha value is -2.38. The Balaban J connectivity index is 1.83. The molecule has 9 nitrogen and oxygen atoms in total. The lowest BCUT2D eigenvalue weighted by Crippen LogP contribution is -2.49. The van der Waals surface area contributed by atoms with Crippen molar-refractivity contribution < 1.29 is 26.5 Å². The Morgan fingerprint density at radius 1 is 1.21 bits per heavy atom. The maximum Gasteiger partial charge on any atom is 0.417 e. The molecule has 1 aliphatic rings. The van der Waals surface area contributed by atoms with Crippen molar-refractivity contribution in [2.75, 3.05) is 31.1 Å². The first kappa shape index (κ1) is 21.3. The number of piperazine rings is 1. The minimum atomic E-state index is -4.79. The van der Waals surface area contributed by atoms with Crippen molar-refractivity contribution in [3.8, 4) is 0 Å². The SMILES string of the molecule is Cn1cnc([N+](=O)[O-])c1N1CCN(S(=O)(=O)c2ccc(Cl)c(C(F)(F)F)c2)CC1. The van der Waals surface area contributed by atoms with Crippen molar-refractivity contribution in [2.24, 2.45) is 7.05 Å². The molecule has 3 rings (SSSR count). The van der Waals surface area contributed by atoms with Crippen molar-refractivity contribution in [3.05, 3.63) is 45.2 Å². The molecule has 0 unspecified atom stereocenters. The average Bonchev–Trinajstić information content (AvgIpc) is 3.03. The van der Waals surface area contributed by atoms with Gasteiger partial charge >= 0.3 is 12.0 Å². The van der Waals surface area contributed by atoms with Gasteiger partial charge in [0.2, 0.25) is 22.2 Å². The van der Waals surface area contributed by atoms with Crippen LogP contribution in [0.4, 0.5) is 24.8 Å². The fourth-order valence-corrected chi connectivity index (χ4v) is 4.75. The smallest absolute Gasteiger partial charge is 0.358 e. The van der Waals surface area contributed by atoms with Crippen molar-refractivity contribution in [2.45, 2.75) is 11.1 Å². The molecular weight excluding hydrogens is 439 g/mol. The summed E-state index contributed by atoms with van der Waals surface area (Å²) >= 11 is 5.55. The summed E-state index contributed by atoms with van der Waals surface area (Å²) in [5.74, 6) is -0.116. The van der Waals surface area contributed by atoms with Crippen LogP contribution in [0, 0.1) is 10.1 Å². The molecule has 2 aromatic rings. The second kappa shape index (κ2) is 7.46. The molecule has 0 N–H and O–H groups in total. The molecule has 0 atom stereocenters. The molecule has 0 radical (unpaired) electrons. The molecule has 2 heterocycles. The van der Waals surface area contributed by atoms with Crippen LogP contribution in [0.2, 0.25) is 5.02 Å². The largest absolute Gasteiger partial charge is 0.417 e. The average molecular weight is 454 g/mol. The minimum Gasteiger partial charge on any atom is -0.358 e. The van der Waals surface area contributed by atoms with E-state index in [4.69, 9.17) is 11.6 Å². The number of rotatable bonds is 4. The Labute approximate surface area is 168 Å². The summed E-state index contributed by atoms with van der Waals surface area (Å²) in [4.78, 5) is 15.3. The summed E-state index contributed by atoms with van der Waals surface area (Å²) < 4.78 is 67.2. The van der Waals surface area contributed by atoms with Crippen molar-refractivity contribution in [1.29, 1.82) is 0 Å². The lowest BCUT2D eigenvalue weighted by molar-refractivity contribution is -0.388. The van der Waals surface area contributed by atoms with E-state index in [9.17, 15) is 31.7 Å². The summed E-state index contributed by atoms with van der Waals surface area (Å²) in [6.45, 7) is 0.0991. The number of nitrogens with zero attached hydrogens (tertiary/aromatic N) is 5. The fraction of sp³-hybridized carbons (Fsp3) is 0.400. The molecule has 0 amide bonds. The third-order valence-corrected chi connectivity index (χ3v) is 6.70. The highest BCUT2D eigenvalue weighted by atomic mass is 35.5. The van der Waals surface area contributed by atoms with Gasteiger partial charge in [-0.05, 0) is 28.1 Å². The Morgan fingerprint density at radius 3 is 2.38 bits per heavy atom. The van der Waals surface area contributed by atoms with Crippen LogP contribution in [-0.4, -0.2) is 53.4 Å². The molecule has 158 valence electrons. The number of halogens is 4. The maximum atomic E-state index is 13.0. The van der Waals surface area contributed by atoms with E-state index in [0.717, 1.165) is 16.4 Å². The van der Waals surface area contributed by atoms with Crippen LogP contribution in [0.25, 0.3) is 0 Å². The van der Waals surface area contributed by atoms with Crippen LogP contribution in [0.15, 0.2) is 29.4 Å². The van der Waals surface area contributed by atoms with Gasteiger partial charge in [0, 0.05) is 33.2 Å². The van der Waals surface area contributed by atoms with E-state index in [-0.39, 0.29) is 37.8 Å². The quantitative estimate of drug-likeness (QED) is 0.520. The third-order valence-electron chi connectivity index (χ3n) is 4.48. The van der Waals surface area contributed by atoms with Crippen LogP contribution in [0.3, 0.4) is 0 Å². The van der Waals surface area contributed by atoms with Crippen LogP contribution < -0.4 is 4.90 Å². The van der Waals surface area contributed by atoms with E-state index in [0.29, 0.717) is 6.07 Å². The fourth-order valence-electron chi connectivity index (χ4n) is 3.08. The molecule has 1 fully saturated rings. The molecule has 1 saturated heterocycles. The first-order valence-corrected chi connectivity index (χ1v) is 10.0. The molecule has 1 aromatic heterocycles. The highest BCUT2D eigenvalue weighted by Gasteiger charge is 2.37. The molecule has 0 saturated carbocycles. The predicted octanol–water partition coefficient (Wildman–Crippen LogP) is 2.51. The van der Waals surface area contributed by atoms with Gasteiger partial charge in [-0.15, -0.1) is 0 Å². The van der Waals surface area contributed by atoms with Crippen molar-refractivity contribution in [1.82, 2.24) is 13.9 Å². The van der Waals surface area contributed by atoms with Crippen molar-refractivity contribution in [3.63, 3.8) is 0 Å². The van der Waals surface area contributed by atoms with Crippen LogP contribution in [0.5, 0.6) is 0 Å². The molecule has 1 aromatic carbocycles. The van der Waals surface area contributed by atoms with Gasteiger partial charge in [0.25, 0.3) is 0 Å². The second-order valence-electron chi connectivity index (χ2n) is 6.29. The van der Waals surface area contributed by atoms with Crippen LogP contribution >= 0.6 is 11.6 Å². The van der Waals surface area contributed by atoms with Gasteiger partial charge in [0.1, 0.15) is 0 Å². The van der Waals surface area contributed by atoms with E-state index in [2.05, 4.69) is 4.98 Å². The first-order chi connectivity index (χ1) is 13.4. The van der Waals surface area contributed by atoms with E-state index in [1.807, 2.05) is 0 Å². The van der Waals surface area contributed by atoms with Crippen LogP contribution in [0.1, 0.15) is 5.56 Å². The third kappa shape index (κ3) is 4.02. The van der Waals surface area contributed by atoms with Gasteiger partial charge in [0.05, 0.1) is 15.5 Å². The highest BCUT2D eigenvalue weighted by molar-refractivity contribution is 7.89. The number of hydrogen-bond donors (Lipinski definition) is 0. The number of alkyl halides is 3. The number of aromatic nitrogens is 2. The zero-order valence-electron chi connectivity index (χ0n) is 14.9. The molecule has 0 aliphatic carbocycles. The normalized spacial score (nSPS) is 16.2. The highest BCUT2D eigenvalue weighted by Crippen LogP contribution is 2.36. The maximum absolute atomic E-state index is 13.0. The predicted molar refractivity (Wildman–Crippen MR) is 97.3 cm³/mol. The number of imidazole rings is 1. The number of benzene rings is 1. The molecule has 14 heteroatoms. The van der Waals surface area contributed by atoms with E-state index in [1.165, 1.54) is 10.9 Å². The van der Waals surface area contributed by atoms with Gasteiger partial charge in [-0.2, -0.15) is 17.5 Å². The second-order valence-corrected chi connectivity index (χ2v) is 8.64. The first-order valence-electron chi connectivity index (χ1n) is 8.20. The number of sulfonamides is 1. The van der Waals surface area contributed by atoms with Crippen LogP contribution in [-0.2, 0) is 23.2 Å². The Kier molecular flexibility index (Phi) is 5.49. The summed E-state index contributed by atoms with van der Waals surface area (Å²) in [6.07, 6.45) is -3.51. The molecule has 1 aliphatic heterocycles. The van der Waals surface area contributed by atoms with Gasteiger partial charge in [-0.3, -0.25) is 4.57 Å².